The molecule has 0 bridgehead atoms. The summed E-state index contributed by atoms with van der Waals surface area (Å²) in [7, 11) is -1.88. The Morgan fingerprint density at radius 2 is 2.00 bits per heavy atom. The Bertz CT molecular complexity index is 511. The fourth-order valence-corrected chi connectivity index (χ4v) is 3.65. The van der Waals surface area contributed by atoms with Crippen LogP contribution in [0.3, 0.4) is 0 Å². The molecule has 1 aliphatic rings. The van der Waals surface area contributed by atoms with E-state index >= 15 is 0 Å². The van der Waals surface area contributed by atoms with Crippen LogP contribution in [0.25, 0.3) is 0 Å². The Balaban J connectivity index is 2.33. The van der Waals surface area contributed by atoms with Gasteiger partial charge in [-0.05, 0) is 40.1 Å². The maximum absolute atomic E-state index is 14.1. The highest BCUT2D eigenvalue weighted by Gasteiger charge is 2.40. The lowest BCUT2D eigenvalue weighted by Gasteiger charge is -2.40. The van der Waals surface area contributed by atoms with Gasteiger partial charge < -0.3 is 9.16 Å². The van der Waals surface area contributed by atoms with E-state index < -0.39 is 8.32 Å². The van der Waals surface area contributed by atoms with Crippen molar-refractivity contribution >= 4 is 24.2 Å². The van der Waals surface area contributed by atoms with Gasteiger partial charge in [0.25, 0.3) is 0 Å². The first-order chi connectivity index (χ1) is 9.13. The Labute approximate surface area is 129 Å². The summed E-state index contributed by atoms with van der Waals surface area (Å²) in [6.07, 6.45) is 0.711. The molecule has 1 aromatic rings. The summed E-state index contributed by atoms with van der Waals surface area (Å²) in [5, 5.41) is 0.138. The van der Waals surface area contributed by atoms with Crippen LogP contribution in [0.1, 0.15) is 38.9 Å². The molecule has 0 amide bonds. The number of halogens is 2. The van der Waals surface area contributed by atoms with E-state index in [-0.39, 0.29) is 17.0 Å². The fourth-order valence-electron chi connectivity index (χ4n) is 2.03. The second-order valence-corrected chi connectivity index (χ2v) is 12.4. The van der Waals surface area contributed by atoms with Crippen molar-refractivity contribution in [3.63, 3.8) is 0 Å². The van der Waals surface area contributed by atoms with E-state index in [1.165, 1.54) is 0 Å². The zero-order valence-corrected chi connectivity index (χ0v) is 15.3. The second-order valence-electron chi connectivity index (χ2n) is 6.78. The third-order valence-corrected chi connectivity index (χ3v) is 9.40. The molecule has 0 radical (unpaired) electrons. The predicted octanol–water partition coefficient (Wildman–Crippen LogP) is 5.43. The minimum atomic E-state index is -1.88. The maximum Gasteiger partial charge on any atom is 0.192 e. The smallest absolute Gasteiger partial charge is 0.192 e. The van der Waals surface area contributed by atoms with Crippen molar-refractivity contribution in [1.29, 1.82) is 0 Å². The molecule has 0 spiro atoms. The molecule has 2 rings (SSSR count). The maximum atomic E-state index is 14.1. The van der Waals surface area contributed by atoms with Crippen LogP contribution < -0.4 is 4.74 Å². The summed E-state index contributed by atoms with van der Waals surface area (Å²) in [5.41, 5.74) is 0.835. The van der Waals surface area contributed by atoms with Crippen LogP contribution in [-0.4, -0.2) is 14.9 Å². The molecule has 0 aliphatic carbocycles. The third-order valence-electron chi connectivity index (χ3n) is 4.30. The lowest BCUT2D eigenvalue weighted by Crippen LogP contribution is -2.42. The van der Waals surface area contributed by atoms with E-state index in [0.29, 0.717) is 16.8 Å². The molecule has 5 heteroatoms. The second kappa shape index (κ2) is 5.43. The molecule has 1 unspecified atom stereocenters. The summed E-state index contributed by atoms with van der Waals surface area (Å²) >= 11 is 3.20. The highest BCUT2D eigenvalue weighted by Crippen LogP contribution is 2.44. The summed E-state index contributed by atoms with van der Waals surface area (Å²) < 4.78 is 26.5. The summed E-state index contributed by atoms with van der Waals surface area (Å²) in [4.78, 5) is 0. The van der Waals surface area contributed by atoms with Crippen LogP contribution in [-0.2, 0) is 4.43 Å². The van der Waals surface area contributed by atoms with Crippen molar-refractivity contribution in [2.45, 2.75) is 51.4 Å². The largest absolute Gasteiger partial charge is 0.490 e. The van der Waals surface area contributed by atoms with Crippen LogP contribution in [0.4, 0.5) is 4.39 Å². The van der Waals surface area contributed by atoms with E-state index in [9.17, 15) is 4.39 Å². The standard InChI is InChI=1S/C15H22BrFO2Si/c1-15(2,3)20(4,5)19-12-8-9-18-14-10(12)6-7-11(16)13(14)17/h6-7,12H,8-9H2,1-5H3. The van der Waals surface area contributed by atoms with E-state index in [4.69, 9.17) is 9.16 Å². The minimum Gasteiger partial charge on any atom is -0.490 e. The molecule has 2 nitrogen and oxygen atoms in total. The van der Waals surface area contributed by atoms with Gasteiger partial charge in [-0.1, -0.05) is 26.8 Å². The summed E-state index contributed by atoms with van der Waals surface area (Å²) in [6.45, 7) is 11.6. The van der Waals surface area contributed by atoms with Gasteiger partial charge >= 0.3 is 0 Å². The quantitative estimate of drug-likeness (QED) is 0.654. The van der Waals surface area contributed by atoms with Gasteiger partial charge in [-0.15, -0.1) is 0 Å². The SMILES string of the molecule is CC(C)(C)[Si](C)(C)OC1CCOc2c1ccc(Br)c2F. The van der Waals surface area contributed by atoms with E-state index in [0.717, 1.165) is 12.0 Å². The molecule has 0 aromatic heterocycles. The van der Waals surface area contributed by atoms with Crippen LogP contribution in [0, 0.1) is 5.82 Å². The number of hydrogen-bond donors (Lipinski definition) is 0. The fraction of sp³-hybridized carbons (Fsp3) is 0.600. The molecular formula is C15H22BrFO2Si. The van der Waals surface area contributed by atoms with Crippen molar-refractivity contribution in [3.05, 3.63) is 28.0 Å². The third kappa shape index (κ3) is 2.94. The number of rotatable bonds is 2. The molecule has 0 N–H and O–H groups in total. The molecule has 0 fully saturated rings. The van der Waals surface area contributed by atoms with E-state index in [1.54, 1.807) is 6.07 Å². The van der Waals surface area contributed by atoms with Gasteiger partial charge in [-0.3, -0.25) is 0 Å². The summed E-state index contributed by atoms with van der Waals surface area (Å²) in [6, 6.07) is 3.63. The van der Waals surface area contributed by atoms with Gasteiger partial charge in [0.05, 0.1) is 17.2 Å². The van der Waals surface area contributed by atoms with Crippen molar-refractivity contribution in [2.24, 2.45) is 0 Å². The minimum absolute atomic E-state index is 0.0674. The number of ether oxygens (including phenoxy) is 1. The van der Waals surface area contributed by atoms with E-state index in [1.807, 2.05) is 6.07 Å². The van der Waals surface area contributed by atoms with Crippen molar-refractivity contribution in [3.8, 4) is 5.75 Å². The number of fused-ring (bicyclic) bond motifs is 1. The van der Waals surface area contributed by atoms with Gasteiger partial charge in [0.2, 0.25) is 0 Å². The zero-order valence-electron chi connectivity index (χ0n) is 12.7. The highest BCUT2D eigenvalue weighted by atomic mass is 79.9. The Morgan fingerprint density at radius 3 is 2.60 bits per heavy atom. The molecular weight excluding hydrogens is 339 g/mol. The average Bonchev–Trinajstić information content (AvgIpc) is 2.32. The van der Waals surface area contributed by atoms with Gasteiger partial charge in [0.15, 0.2) is 19.9 Å². The first-order valence-corrected chi connectivity index (χ1v) is 10.6. The Hall–Kier alpha value is -0.393. The molecule has 0 saturated carbocycles. The first-order valence-electron chi connectivity index (χ1n) is 6.92. The average molecular weight is 361 g/mol. The van der Waals surface area contributed by atoms with Crippen LogP contribution >= 0.6 is 15.9 Å². The zero-order chi connectivity index (χ0) is 15.1. The molecule has 1 aliphatic heterocycles. The van der Waals surface area contributed by atoms with Gasteiger partial charge in [-0.2, -0.15) is 0 Å². The predicted molar refractivity (Wildman–Crippen MR) is 85.2 cm³/mol. The number of hydrogen-bond acceptors (Lipinski definition) is 2. The molecule has 0 saturated heterocycles. The summed E-state index contributed by atoms with van der Waals surface area (Å²) in [5.74, 6) is 0.0142. The topological polar surface area (TPSA) is 18.5 Å². The number of benzene rings is 1. The highest BCUT2D eigenvalue weighted by molar-refractivity contribution is 9.10. The normalized spacial score (nSPS) is 19.4. The van der Waals surface area contributed by atoms with Gasteiger partial charge in [0, 0.05) is 12.0 Å². The molecule has 1 aromatic carbocycles. The van der Waals surface area contributed by atoms with Crippen LogP contribution in [0.2, 0.25) is 18.1 Å². The van der Waals surface area contributed by atoms with E-state index in [2.05, 4.69) is 49.8 Å². The molecule has 112 valence electrons. The molecule has 1 heterocycles. The van der Waals surface area contributed by atoms with Crippen molar-refractivity contribution in [2.75, 3.05) is 6.61 Å². The Morgan fingerprint density at radius 1 is 1.35 bits per heavy atom. The van der Waals surface area contributed by atoms with Gasteiger partial charge in [-0.25, -0.2) is 4.39 Å². The molecule has 1 atom stereocenters. The van der Waals surface area contributed by atoms with Crippen LogP contribution in [0.5, 0.6) is 5.75 Å². The monoisotopic (exact) mass is 360 g/mol. The van der Waals surface area contributed by atoms with Crippen molar-refractivity contribution < 1.29 is 13.6 Å². The van der Waals surface area contributed by atoms with Gasteiger partial charge in [0.1, 0.15) is 0 Å². The van der Waals surface area contributed by atoms with Crippen LogP contribution in [0.15, 0.2) is 16.6 Å². The van der Waals surface area contributed by atoms with Crippen molar-refractivity contribution in [1.82, 2.24) is 0 Å². The molecule has 20 heavy (non-hydrogen) atoms. The lowest BCUT2D eigenvalue weighted by molar-refractivity contribution is 0.119. The first kappa shape index (κ1) is 16.0. The lowest BCUT2D eigenvalue weighted by atomic mass is 10.0. The Kier molecular flexibility index (Phi) is 4.34.